The van der Waals surface area contributed by atoms with Gasteiger partial charge in [-0.1, -0.05) is 18.1 Å². The Morgan fingerprint density at radius 1 is 1.53 bits per heavy atom. The van der Waals surface area contributed by atoms with E-state index in [9.17, 15) is 9.90 Å². The SMILES string of the molecule is C#Cc1ccc([C@H](C)NC(=O)[C@@H]2C[C@@H](O)CN2)cc1. The number of benzene rings is 1. The molecule has 0 bridgehead atoms. The molecule has 0 aliphatic carbocycles. The van der Waals surface area contributed by atoms with Crippen molar-refractivity contribution in [1.82, 2.24) is 10.6 Å². The fraction of sp³-hybridized carbons (Fsp3) is 0.400. The van der Waals surface area contributed by atoms with E-state index in [0.717, 1.165) is 11.1 Å². The molecule has 0 aromatic heterocycles. The molecule has 0 unspecified atom stereocenters. The summed E-state index contributed by atoms with van der Waals surface area (Å²) in [5, 5.41) is 15.3. The van der Waals surface area contributed by atoms with Crippen molar-refractivity contribution in [3.8, 4) is 12.3 Å². The molecule has 4 heteroatoms. The molecule has 1 aromatic rings. The zero-order chi connectivity index (χ0) is 13.8. The van der Waals surface area contributed by atoms with E-state index in [2.05, 4.69) is 16.6 Å². The highest BCUT2D eigenvalue weighted by Crippen LogP contribution is 2.14. The van der Waals surface area contributed by atoms with Crippen molar-refractivity contribution in [2.75, 3.05) is 6.54 Å². The topological polar surface area (TPSA) is 61.4 Å². The molecule has 1 fully saturated rings. The van der Waals surface area contributed by atoms with Crippen LogP contribution in [0.15, 0.2) is 24.3 Å². The number of nitrogens with one attached hydrogen (secondary N) is 2. The van der Waals surface area contributed by atoms with Gasteiger partial charge in [-0.05, 0) is 31.0 Å². The van der Waals surface area contributed by atoms with Gasteiger partial charge in [-0.25, -0.2) is 0 Å². The van der Waals surface area contributed by atoms with Crippen LogP contribution in [-0.4, -0.2) is 29.7 Å². The third-order valence-electron chi connectivity index (χ3n) is 3.36. The molecule has 1 saturated heterocycles. The summed E-state index contributed by atoms with van der Waals surface area (Å²) in [4.78, 5) is 12.0. The van der Waals surface area contributed by atoms with Crippen LogP contribution in [0.3, 0.4) is 0 Å². The average molecular weight is 258 g/mol. The van der Waals surface area contributed by atoms with E-state index in [-0.39, 0.29) is 18.0 Å². The van der Waals surface area contributed by atoms with Crippen LogP contribution in [0.5, 0.6) is 0 Å². The summed E-state index contributed by atoms with van der Waals surface area (Å²) in [6.45, 7) is 2.40. The van der Waals surface area contributed by atoms with E-state index in [4.69, 9.17) is 6.42 Å². The highest BCUT2D eigenvalue weighted by atomic mass is 16.3. The number of terminal acetylenes is 1. The third-order valence-corrected chi connectivity index (χ3v) is 3.36. The zero-order valence-electron chi connectivity index (χ0n) is 10.9. The maximum Gasteiger partial charge on any atom is 0.237 e. The van der Waals surface area contributed by atoms with Gasteiger partial charge in [0.15, 0.2) is 0 Å². The van der Waals surface area contributed by atoms with Crippen molar-refractivity contribution in [2.45, 2.75) is 31.5 Å². The van der Waals surface area contributed by atoms with E-state index in [0.29, 0.717) is 13.0 Å². The van der Waals surface area contributed by atoms with Crippen LogP contribution >= 0.6 is 0 Å². The molecule has 1 amide bonds. The fourth-order valence-electron chi connectivity index (χ4n) is 2.18. The van der Waals surface area contributed by atoms with E-state index < -0.39 is 6.10 Å². The largest absolute Gasteiger partial charge is 0.392 e. The van der Waals surface area contributed by atoms with Crippen molar-refractivity contribution in [3.63, 3.8) is 0 Å². The minimum atomic E-state index is -0.430. The van der Waals surface area contributed by atoms with Crippen molar-refractivity contribution in [2.24, 2.45) is 0 Å². The summed E-state index contributed by atoms with van der Waals surface area (Å²) in [5.41, 5.74) is 1.83. The number of carbonyl (C=O) groups excluding carboxylic acids is 1. The number of hydrogen-bond donors (Lipinski definition) is 3. The lowest BCUT2D eigenvalue weighted by atomic mass is 10.1. The Morgan fingerprint density at radius 3 is 2.74 bits per heavy atom. The van der Waals surface area contributed by atoms with Crippen LogP contribution in [0.25, 0.3) is 0 Å². The smallest absolute Gasteiger partial charge is 0.237 e. The van der Waals surface area contributed by atoms with Gasteiger partial charge in [0.1, 0.15) is 0 Å². The Labute approximate surface area is 113 Å². The van der Waals surface area contributed by atoms with Crippen LogP contribution in [-0.2, 0) is 4.79 Å². The Kier molecular flexibility index (Phi) is 4.20. The molecule has 1 aromatic carbocycles. The number of carbonyl (C=O) groups is 1. The van der Waals surface area contributed by atoms with Crippen LogP contribution in [0, 0.1) is 12.3 Å². The lowest BCUT2D eigenvalue weighted by Crippen LogP contribution is -2.41. The predicted octanol–water partition coefficient (Wildman–Crippen LogP) is 0.568. The molecule has 3 atom stereocenters. The van der Waals surface area contributed by atoms with E-state index in [1.165, 1.54) is 0 Å². The highest BCUT2D eigenvalue weighted by molar-refractivity contribution is 5.82. The van der Waals surface area contributed by atoms with Gasteiger partial charge in [-0.2, -0.15) is 0 Å². The normalized spacial score (nSPS) is 23.6. The second-order valence-electron chi connectivity index (χ2n) is 4.85. The molecule has 19 heavy (non-hydrogen) atoms. The third kappa shape index (κ3) is 3.34. The summed E-state index contributed by atoms with van der Waals surface area (Å²) in [5.74, 6) is 2.48. The van der Waals surface area contributed by atoms with Gasteiger partial charge in [0.2, 0.25) is 5.91 Å². The molecule has 3 N–H and O–H groups in total. The van der Waals surface area contributed by atoms with Gasteiger partial charge in [0.05, 0.1) is 18.2 Å². The number of β-amino-alcohol motifs (C(OH)–C–C–N with tert-alkyl or cyclic N) is 1. The Hall–Kier alpha value is -1.83. The summed E-state index contributed by atoms with van der Waals surface area (Å²) in [7, 11) is 0. The molecule has 2 rings (SSSR count). The Bertz CT molecular complexity index is 490. The standard InChI is InChI=1S/C15H18N2O2/c1-3-11-4-6-12(7-5-11)10(2)17-15(19)14-8-13(18)9-16-14/h1,4-7,10,13-14,16,18H,8-9H2,2H3,(H,17,19)/t10-,13+,14-/m0/s1. The first-order valence-corrected chi connectivity index (χ1v) is 6.38. The molecule has 1 heterocycles. The molecule has 1 aliphatic heterocycles. The number of aliphatic hydroxyl groups is 1. The van der Waals surface area contributed by atoms with Gasteiger partial charge in [0.25, 0.3) is 0 Å². The van der Waals surface area contributed by atoms with Crippen molar-refractivity contribution >= 4 is 5.91 Å². The van der Waals surface area contributed by atoms with Crippen LogP contribution in [0.4, 0.5) is 0 Å². The highest BCUT2D eigenvalue weighted by Gasteiger charge is 2.28. The lowest BCUT2D eigenvalue weighted by molar-refractivity contribution is -0.123. The quantitative estimate of drug-likeness (QED) is 0.695. The Balaban J connectivity index is 1.94. The second kappa shape index (κ2) is 5.87. The van der Waals surface area contributed by atoms with Crippen molar-refractivity contribution < 1.29 is 9.90 Å². The van der Waals surface area contributed by atoms with Crippen LogP contribution in [0.1, 0.15) is 30.5 Å². The minimum Gasteiger partial charge on any atom is -0.392 e. The Morgan fingerprint density at radius 2 is 2.21 bits per heavy atom. The minimum absolute atomic E-state index is 0.0786. The summed E-state index contributed by atoms with van der Waals surface area (Å²) in [6.07, 6.45) is 5.34. The summed E-state index contributed by atoms with van der Waals surface area (Å²) in [6, 6.07) is 7.15. The van der Waals surface area contributed by atoms with Gasteiger partial charge in [0, 0.05) is 12.1 Å². The first kappa shape index (κ1) is 13.6. The number of hydrogen-bond acceptors (Lipinski definition) is 3. The molecule has 4 nitrogen and oxygen atoms in total. The maximum atomic E-state index is 12.0. The summed E-state index contributed by atoms with van der Waals surface area (Å²) >= 11 is 0. The molecule has 0 spiro atoms. The van der Waals surface area contributed by atoms with E-state index in [1.807, 2.05) is 31.2 Å². The second-order valence-corrected chi connectivity index (χ2v) is 4.85. The monoisotopic (exact) mass is 258 g/mol. The van der Waals surface area contributed by atoms with Gasteiger partial charge >= 0.3 is 0 Å². The number of aliphatic hydroxyl groups excluding tert-OH is 1. The van der Waals surface area contributed by atoms with Gasteiger partial charge < -0.3 is 15.7 Å². The maximum absolute atomic E-state index is 12.0. The van der Waals surface area contributed by atoms with Gasteiger partial charge in [-0.15, -0.1) is 6.42 Å². The molecule has 0 saturated carbocycles. The van der Waals surface area contributed by atoms with Crippen molar-refractivity contribution in [3.05, 3.63) is 35.4 Å². The first-order chi connectivity index (χ1) is 9.10. The molecular weight excluding hydrogens is 240 g/mol. The van der Waals surface area contributed by atoms with Crippen LogP contribution in [0.2, 0.25) is 0 Å². The van der Waals surface area contributed by atoms with E-state index in [1.54, 1.807) is 0 Å². The predicted molar refractivity (Wildman–Crippen MR) is 73.3 cm³/mol. The van der Waals surface area contributed by atoms with Crippen molar-refractivity contribution in [1.29, 1.82) is 0 Å². The molecule has 0 radical (unpaired) electrons. The average Bonchev–Trinajstić information content (AvgIpc) is 2.85. The molecule has 1 aliphatic rings. The first-order valence-electron chi connectivity index (χ1n) is 6.38. The van der Waals surface area contributed by atoms with Gasteiger partial charge in [-0.3, -0.25) is 4.79 Å². The molecular formula is C15H18N2O2. The molecule has 100 valence electrons. The zero-order valence-corrected chi connectivity index (χ0v) is 10.9. The number of amides is 1. The van der Waals surface area contributed by atoms with E-state index >= 15 is 0 Å². The number of rotatable bonds is 3. The van der Waals surface area contributed by atoms with Crippen LogP contribution < -0.4 is 10.6 Å². The fourth-order valence-corrected chi connectivity index (χ4v) is 2.18. The summed E-state index contributed by atoms with van der Waals surface area (Å²) < 4.78 is 0. The lowest BCUT2D eigenvalue weighted by Gasteiger charge is -2.17.